The summed E-state index contributed by atoms with van der Waals surface area (Å²) in [5.41, 5.74) is 1.54. The number of benzene rings is 2. The number of ether oxygens (including phenoxy) is 1. The van der Waals surface area contributed by atoms with Gasteiger partial charge in [-0.3, -0.25) is 4.79 Å². The number of hydrogen-bond donors (Lipinski definition) is 0. The predicted octanol–water partition coefficient (Wildman–Crippen LogP) is 5.34. The Morgan fingerprint density at radius 1 is 1.00 bits per heavy atom. The third-order valence-electron chi connectivity index (χ3n) is 4.09. The molecule has 6 heteroatoms. The van der Waals surface area contributed by atoms with Crippen LogP contribution in [0.25, 0.3) is 22.1 Å². The third-order valence-corrected chi connectivity index (χ3v) is 4.51. The standard InChI is InChI=1S/C21H13BrO5/c1-12-19(13-5-3-2-4-6-13)20(23)15-8-7-14(11-17(15)25-12)26-21(24)16-9-10-18(22)27-16/h2-11H,1H3. The number of furan rings is 1. The summed E-state index contributed by atoms with van der Waals surface area (Å²) in [6.07, 6.45) is 0. The number of carbonyl (C=O) groups excluding carboxylic acids is 1. The van der Waals surface area contributed by atoms with Crippen molar-refractivity contribution in [2.24, 2.45) is 0 Å². The zero-order valence-corrected chi connectivity index (χ0v) is 15.8. The largest absolute Gasteiger partial charge is 0.460 e. The molecule has 2 aromatic heterocycles. The van der Waals surface area contributed by atoms with Gasteiger partial charge in [-0.05, 0) is 52.7 Å². The highest BCUT2D eigenvalue weighted by molar-refractivity contribution is 9.10. The fraction of sp³-hybridized carbons (Fsp3) is 0.0476. The number of aryl methyl sites for hydroxylation is 1. The van der Waals surface area contributed by atoms with Crippen LogP contribution in [-0.2, 0) is 0 Å². The molecule has 0 saturated heterocycles. The first-order chi connectivity index (χ1) is 13.0. The van der Waals surface area contributed by atoms with Crippen LogP contribution in [0.2, 0.25) is 0 Å². The predicted molar refractivity (Wildman–Crippen MR) is 104 cm³/mol. The number of fused-ring (bicyclic) bond motifs is 1. The zero-order valence-electron chi connectivity index (χ0n) is 14.2. The van der Waals surface area contributed by atoms with Crippen LogP contribution in [0.5, 0.6) is 5.75 Å². The van der Waals surface area contributed by atoms with Gasteiger partial charge in [-0.2, -0.15) is 0 Å². The van der Waals surface area contributed by atoms with Crippen LogP contribution >= 0.6 is 15.9 Å². The second kappa shape index (κ2) is 6.89. The van der Waals surface area contributed by atoms with E-state index in [1.165, 1.54) is 12.1 Å². The third kappa shape index (κ3) is 3.31. The highest BCUT2D eigenvalue weighted by atomic mass is 79.9. The molecule has 2 heterocycles. The average molecular weight is 425 g/mol. The van der Waals surface area contributed by atoms with Crippen LogP contribution in [0.3, 0.4) is 0 Å². The molecule has 0 radical (unpaired) electrons. The fourth-order valence-electron chi connectivity index (χ4n) is 2.87. The van der Waals surface area contributed by atoms with Crippen LogP contribution < -0.4 is 10.2 Å². The second-order valence-electron chi connectivity index (χ2n) is 5.88. The van der Waals surface area contributed by atoms with Crippen molar-refractivity contribution in [2.45, 2.75) is 6.92 Å². The highest BCUT2D eigenvalue weighted by Gasteiger charge is 2.16. The van der Waals surface area contributed by atoms with E-state index in [1.807, 2.05) is 30.3 Å². The molecule has 0 saturated carbocycles. The topological polar surface area (TPSA) is 69.7 Å². The van der Waals surface area contributed by atoms with Crippen molar-refractivity contribution in [3.8, 4) is 16.9 Å². The van der Waals surface area contributed by atoms with Gasteiger partial charge in [-0.15, -0.1) is 0 Å². The smallest absolute Gasteiger partial charge is 0.379 e. The monoisotopic (exact) mass is 424 g/mol. The summed E-state index contributed by atoms with van der Waals surface area (Å²) in [6.45, 7) is 1.74. The lowest BCUT2D eigenvalue weighted by atomic mass is 10.0. The van der Waals surface area contributed by atoms with E-state index >= 15 is 0 Å². The Hall–Kier alpha value is -3.12. The molecule has 5 nitrogen and oxygen atoms in total. The Morgan fingerprint density at radius 2 is 1.78 bits per heavy atom. The van der Waals surface area contributed by atoms with Gasteiger partial charge in [0.2, 0.25) is 11.2 Å². The highest BCUT2D eigenvalue weighted by Crippen LogP contribution is 2.27. The molecule has 0 aliphatic heterocycles. The molecule has 2 aromatic carbocycles. The maximum Gasteiger partial charge on any atom is 0.379 e. The average Bonchev–Trinajstić information content (AvgIpc) is 3.09. The molecule has 0 fully saturated rings. The molecule has 0 aliphatic carbocycles. The summed E-state index contributed by atoms with van der Waals surface area (Å²) < 4.78 is 16.7. The molecule has 0 amide bonds. The van der Waals surface area contributed by atoms with E-state index in [1.54, 1.807) is 25.1 Å². The lowest BCUT2D eigenvalue weighted by Crippen LogP contribution is -2.09. The minimum absolute atomic E-state index is 0.0685. The van der Waals surface area contributed by atoms with Crippen LogP contribution in [0.1, 0.15) is 16.3 Å². The van der Waals surface area contributed by atoms with Gasteiger partial charge in [0.15, 0.2) is 4.67 Å². The van der Waals surface area contributed by atoms with E-state index in [0.29, 0.717) is 27.0 Å². The molecule has 4 rings (SSSR count). The van der Waals surface area contributed by atoms with Crippen molar-refractivity contribution in [1.29, 1.82) is 0 Å². The molecular weight excluding hydrogens is 412 g/mol. The number of hydrogen-bond acceptors (Lipinski definition) is 5. The quantitative estimate of drug-likeness (QED) is 0.327. The van der Waals surface area contributed by atoms with Gasteiger partial charge in [0.1, 0.15) is 17.1 Å². The number of esters is 1. The van der Waals surface area contributed by atoms with E-state index in [9.17, 15) is 9.59 Å². The van der Waals surface area contributed by atoms with E-state index in [4.69, 9.17) is 13.6 Å². The molecule has 0 spiro atoms. The van der Waals surface area contributed by atoms with Crippen LogP contribution in [0.4, 0.5) is 0 Å². The molecule has 134 valence electrons. The van der Waals surface area contributed by atoms with Crippen LogP contribution in [0.15, 0.2) is 79.0 Å². The van der Waals surface area contributed by atoms with E-state index in [-0.39, 0.29) is 16.9 Å². The maximum atomic E-state index is 12.9. The van der Waals surface area contributed by atoms with Crippen LogP contribution in [-0.4, -0.2) is 5.97 Å². The van der Waals surface area contributed by atoms with Crippen molar-refractivity contribution in [2.75, 3.05) is 0 Å². The molecular formula is C21H13BrO5. The van der Waals surface area contributed by atoms with E-state index < -0.39 is 5.97 Å². The Kier molecular flexibility index (Phi) is 4.41. The summed E-state index contributed by atoms with van der Waals surface area (Å²) in [5.74, 6) is 0.186. The molecule has 27 heavy (non-hydrogen) atoms. The van der Waals surface area contributed by atoms with Gasteiger partial charge < -0.3 is 13.6 Å². The number of halogens is 1. The van der Waals surface area contributed by atoms with Gasteiger partial charge in [0.05, 0.1) is 10.9 Å². The Bertz CT molecular complexity index is 1200. The Morgan fingerprint density at radius 3 is 2.48 bits per heavy atom. The first-order valence-electron chi connectivity index (χ1n) is 8.13. The lowest BCUT2D eigenvalue weighted by molar-refractivity contribution is 0.0700. The van der Waals surface area contributed by atoms with Crippen molar-refractivity contribution < 1.29 is 18.4 Å². The summed E-state index contributed by atoms with van der Waals surface area (Å²) in [6, 6.07) is 17.1. The Balaban J connectivity index is 1.73. The van der Waals surface area contributed by atoms with Crippen molar-refractivity contribution in [3.63, 3.8) is 0 Å². The van der Waals surface area contributed by atoms with Gasteiger partial charge in [-0.1, -0.05) is 30.3 Å². The second-order valence-corrected chi connectivity index (χ2v) is 6.66. The zero-order chi connectivity index (χ0) is 19.0. The first-order valence-corrected chi connectivity index (χ1v) is 8.92. The van der Waals surface area contributed by atoms with Gasteiger partial charge in [-0.25, -0.2) is 4.79 Å². The van der Waals surface area contributed by atoms with Crippen molar-refractivity contribution in [3.05, 3.63) is 87.1 Å². The summed E-state index contributed by atoms with van der Waals surface area (Å²) in [7, 11) is 0. The summed E-state index contributed by atoms with van der Waals surface area (Å²) >= 11 is 3.14. The Labute approximate surface area is 162 Å². The van der Waals surface area contributed by atoms with Gasteiger partial charge in [0.25, 0.3) is 0 Å². The molecule has 4 aromatic rings. The maximum absolute atomic E-state index is 12.9. The molecule has 0 N–H and O–H groups in total. The molecule has 0 bridgehead atoms. The molecule has 0 atom stereocenters. The normalized spacial score (nSPS) is 10.9. The molecule has 0 aliphatic rings. The minimum Gasteiger partial charge on any atom is -0.460 e. The molecule has 0 unspecified atom stereocenters. The summed E-state index contributed by atoms with van der Waals surface area (Å²) in [4.78, 5) is 25.0. The number of rotatable bonds is 3. The van der Waals surface area contributed by atoms with E-state index in [0.717, 1.165) is 5.56 Å². The van der Waals surface area contributed by atoms with Gasteiger partial charge >= 0.3 is 5.97 Å². The minimum atomic E-state index is -0.639. The van der Waals surface area contributed by atoms with Crippen molar-refractivity contribution >= 4 is 32.9 Å². The number of carbonyl (C=O) groups is 1. The van der Waals surface area contributed by atoms with Crippen molar-refractivity contribution in [1.82, 2.24) is 0 Å². The summed E-state index contributed by atoms with van der Waals surface area (Å²) in [5, 5.41) is 0.417. The van der Waals surface area contributed by atoms with Gasteiger partial charge in [0, 0.05) is 6.07 Å². The lowest BCUT2D eigenvalue weighted by Gasteiger charge is -2.08. The van der Waals surface area contributed by atoms with E-state index in [2.05, 4.69) is 15.9 Å². The first kappa shape index (κ1) is 17.3. The van der Waals surface area contributed by atoms with Crippen LogP contribution in [0, 0.1) is 6.92 Å². The fourth-order valence-corrected chi connectivity index (χ4v) is 3.18. The SMILES string of the molecule is Cc1oc2cc(OC(=O)c3ccc(Br)o3)ccc2c(=O)c1-c1ccccc1.